The van der Waals surface area contributed by atoms with E-state index < -0.39 is 0 Å². The lowest BCUT2D eigenvalue weighted by Gasteiger charge is -2.06. The number of H-pyrrole nitrogens is 1. The molecule has 0 atom stereocenters. The summed E-state index contributed by atoms with van der Waals surface area (Å²) < 4.78 is 1.86. The number of rotatable bonds is 2. The summed E-state index contributed by atoms with van der Waals surface area (Å²) in [5.74, 6) is 1.86. The molecule has 4 aromatic rings. The van der Waals surface area contributed by atoms with Gasteiger partial charge in [-0.25, -0.2) is 0 Å². The highest BCUT2D eigenvalue weighted by Gasteiger charge is 2.16. The first kappa shape index (κ1) is 20.7. The number of aromatic amines is 1. The summed E-state index contributed by atoms with van der Waals surface area (Å²) in [5.41, 5.74) is 2.94. The molecule has 0 saturated heterocycles. The van der Waals surface area contributed by atoms with Gasteiger partial charge in [0.2, 0.25) is 0 Å². The first-order valence-electron chi connectivity index (χ1n) is 9.38. The Morgan fingerprint density at radius 2 is 1.50 bits per heavy atom. The predicted molar refractivity (Wildman–Crippen MR) is 131 cm³/mol. The molecule has 3 N–H and O–H groups in total. The van der Waals surface area contributed by atoms with Gasteiger partial charge in [0.05, 0.1) is 13.1 Å². The minimum atomic E-state index is -0.0364. The molecule has 0 unspecified atom stereocenters. The van der Waals surface area contributed by atoms with Crippen LogP contribution in [0.5, 0.6) is 0 Å². The van der Waals surface area contributed by atoms with Gasteiger partial charge in [-0.2, -0.15) is 0 Å². The van der Waals surface area contributed by atoms with Crippen LogP contribution in [-0.2, 0) is 0 Å². The first-order chi connectivity index (χ1) is 13.8. The number of aliphatic imine (C=N–C) groups is 2. The lowest BCUT2D eigenvalue weighted by atomic mass is 10.0. The van der Waals surface area contributed by atoms with Crippen molar-refractivity contribution < 1.29 is 0 Å². The third kappa shape index (κ3) is 3.14. The zero-order valence-electron chi connectivity index (χ0n) is 15.8. The van der Waals surface area contributed by atoms with E-state index in [-0.39, 0.29) is 30.4 Å². The van der Waals surface area contributed by atoms with Crippen LogP contribution in [0.1, 0.15) is 11.1 Å². The van der Waals surface area contributed by atoms with Crippen LogP contribution < -0.4 is 16.2 Å². The van der Waals surface area contributed by atoms with Crippen molar-refractivity contribution in [3.05, 3.63) is 57.9 Å². The predicted octanol–water partition coefficient (Wildman–Crippen LogP) is 3.44. The van der Waals surface area contributed by atoms with Gasteiger partial charge in [-0.05, 0) is 24.3 Å². The van der Waals surface area contributed by atoms with Gasteiger partial charge in [-0.1, -0.05) is 12.1 Å². The molecule has 2 aromatic heterocycles. The average molecular weight is 460 g/mol. The molecule has 0 amide bonds. The highest BCUT2D eigenvalue weighted by atomic mass is 35.5. The van der Waals surface area contributed by atoms with Gasteiger partial charge in [0, 0.05) is 50.6 Å². The second kappa shape index (κ2) is 7.91. The summed E-state index contributed by atoms with van der Waals surface area (Å²) >= 11 is 1.54. The highest BCUT2D eigenvalue weighted by molar-refractivity contribution is 7.26. The molecular formula is C21H19Cl2N5OS. The van der Waals surface area contributed by atoms with Crippen molar-refractivity contribution in [3.63, 3.8) is 0 Å². The molecular weight excluding hydrogens is 441 g/mol. The van der Waals surface area contributed by atoms with Crippen molar-refractivity contribution in [1.82, 2.24) is 15.6 Å². The van der Waals surface area contributed by atoms with Gasteiger partial charge in [-0.15, -0.1) is 36.2 Å². The number of amidine groups is 2. The van der Waals surface area contributed by atoms with Crippen LogP contribution in [0.4, 0.5) is 0 Å². The van der Waals surface area contributed by atoms with Gasteiger partial charge in [0.1, 0.15) is 16.4 Å². The number of pyridine rings is 1. The van der Waals surface area contributed by atoms with Crippen LogP contribution in [-0.4, -0.2) is 42.8 Å². The maximum absolute atomic E-state index is 12.7. The van der Waals surface area contributed by atoms with E-state index in [4.69, 9.17) is 0 Å². The van der Waals surface area contributed by atoms with E-state index in [1.165, 1.54) is 0 Å². The van der Waals surface area contributed by atoms with Gasteiger partial charge in [0.25, 0.3) is 5.56 Å². The van der Waals surface area contributed by atoms with Gasteiger partial charge >= 0.3 is 0 Å². The molecule has 0 saturated carbocycles. The third-order valence-corrected chi connectivity index (χ3v) is 6.48. The molecule has 30 heavy (non-hydrogen) atoms. The Balaban J connectivity index is 0.00000109. The lowest BCUT2D eigenvalue weighted by molar-refractivity contribution is 0.960. The monoisotopic (exact) mass is 459 g/mol. The van der Waals surface area contributed by atoms with E-state index in [0.717, 1.165) is 80.1 Å². The summed E-state index contributed by atoms with van der Waals surface area (Å²) in [5, 5.41) is 9.83. The fourth-order valence-corrected chi connectivity index (χ4v) is 5.19. The maximum atomic E-state index is 12.7. The topological polar surface area (TPSA) is 81.6 Å². The maximum Gasteiger partial charge on any atom is 0.266 e. The highest BCUT2D eigenvalue weighted by Crippen LogP contribution is 2.36. The number of hydrogen-bond acceptors (Lipinski definition) is 6. The number of nitrogens with one attached hydrogen (secondary N) is 3. The summed E-state index contributed by atoms with van der Waals surface area (Å²) in [6.07, 6.45) is 0. The fraction of sp³-hybridized carbons (Fsp3) is 0.190. The molecule has 0 radical (unpaired) electrons. The van der Waals surface area contributed by atoms with Crippen molar-refractivity contribution in [2.24, 2.45) is 9.98 Å². The number of aromatic nitrogens is 1. The van der Waals surface area contributed by atoms with Crippen molar-refractivity contribution >= 4 is 78.9 Å². The number of thiophene rings is 1. The molecule has 4 heterocycles. The standard InChI is InChI=1S/C21H17N5OS.2ClH/c27-21-18-17(13-3-1-12(10-16(13)28-18)20-24-7-8-25-20)14-9-11(2-4-15(14)26-21)19-22-5-6-23-19;;/h1-4,9-10H,5-8H2,(H,22,23)(H,24,25)(H,26,27);2*1H. The molecule has 2 aliphatic rings. The van der Waals surface area contributed by atoms with Gasteiger partial charge < -0.3 is 15.6 Å². The van der Waals surface area contributed by atoms with Crippen molar-refractivity contribution in [2.45, 2.75) is 0 Å². The minimum Gasteiger partial charge on any atom is -0.368 e. The molecule has 0 aliphatic carbocycles. The Kier molecular flexibility index (Phi) is 5.44. The fourth-order valence-electron chi connectivity index (χ4n) is 4.04. The first-order valence-corrected chi connectivity index (χ1v) is 10.2. The van der Waals surface area contributed by atoms with Gasteiger partial charge in [0.15, 0.2) is 0 Å². The molecule has 0 fully saturated rings. The number of fused-ring (bicyclic) bond motifs is 5. The smallest absolute Gasteiger partial charge is 0.266 e. The van der Waals surface area contributed by atoms with Crippen molar-refractivity contribution in [2.75, 3.05) is 26.2 Å². The van der Waals surface area contributed by atoms with Crippen LogP contribution in [0.15, 0.2) is 51.2 Å². The third-order valence-electron chi connectivity index (χ3n) is 5.33. The van der Waals surface area contributed by atoms with Crippen LogP contribution >= 0.6 is 36.2 Å². The van der Waals surface area contributed by atoms with Crippen molar-refractivity contribution in [1.29, 1.82) is 0 Å². The molecule has 9 heteroatoms. The summed E-state index contributed by atoms with van der Waals surface area (Å²) in [4.78, 5) is 24.8. The zero-order valence-corrected chi connectivity index (χ0v) is 18.3. The number of benzene rings is 2. The quantitative estimate of drug-likeness (QED) is 0.429. The lowest BCUT2D eigenvalue weighted by Crippen LogP contribution is -2.19. The largest absolute Gasteiger partial charge is 0.368 e. The second-order valence-corrected chi connectivity index (χ2v) is 8.10. The Labute approximate surface area is 188 Å². The van der Waals surface area contributed by atoms with E-state index in [2.05, 4.69) is 49.9 Å². The Morgan fingerprint density at radius 3 is 2.17 bits per heavy atom. The molecule has 6 nitrogen and oxygen atoms in total. The SMILES string of the molecule is Cl.Cl.O=c1[nH]c2ccc(C3=NCCN3)cc2c2c1sc1cc(C3=NCCN3)ccc12. The molecule has 2 aliphatic heterocycles. The second-order valence-electron chi connectivity index (χ2n) is 7.05. The Bertz CT molecular complexity index is 1410. The number of hydrogen-bond donors (Lipinski definition) is 3. The zero-order chi connectivity index (χ0) is 18.7. The van der Waals surface area contributed by atoms with Gasteiger partial charge in [-0.3, -0.25) is 14.8 Å². The average Bonchev–Trinajstić information content (AvgIpc) is 3.47. The minimum absolute atomic E-state index is 0. The van der Waals surface area contributed by atoms with Crippen LogP contribution in [0, 0.1) is 0 Å². The van der Waals surface area contributed by atoms with Crippen LogP contribution in [0.3, 0.4) is 0 Å². The normalized spacial score (nSPS) is 15.3. The van der Waals surface area contributed by atoms with Crippen LogP contribution in [0.25, 0.3) is 31.1 Å². The Hall–Kier alpha value is -2.61. The van der Waals surface area contributed by atoms with Crippen molar-refractivity contribution in [3.8, 4) is 0 Å². The van der Waals surface area contributed by atoms with E-state index in [0.29, 0.717) is 0 Å². The van der Waals surface area contributed by atoms with E-state index in [1.807, 2.05) is 12.1 Å². The summed E-state index contributed by atoms with van der Waals surface area (Å²) in [6, 6.07) is 12.5. The molecule has 0 bridgehead atoms. The van der Waals surface area contributed by atoms with E-state index >= 15 is 0 Å². The molecule has 6 rings (SSSR count). The summed E-state index contributed by atoms with van der Waals surface area (Å²) in [6.45, 7) is 3.36. The van der Waals surface area contributed by atoms with Crippen LogP contribution in [0.2, 0.25) is 0 Å². The van der Waals surface area contributed by atoms with E-state index in [9.17, 15) is 4.79 Å². The number of nitrogens with zero attached hydrogens (tertiary/aromatic N) is 2. The summed E-state index contributed by atoms with van der Waals surface area (Å²) in [7, 11) is 0. The van der Waals surface area contributed by atoms with E-state index in [1.54, 1.807) is 11.3 Å². The Morgan fingerprint density at radius 1 is 0.833 bits per heavy atom. The molecule has 0 spiro atoms. The number of halogens is 2. The molecule has 2 aromatic carbocycles. The molecule has 154 valence electrons.